The molecule has 0 aliphatic carbocycles. The van der Waals surface area contributed by atoms with Crippen LogP contribution in [0.4, 0.5) is 0 Å². The van der Waals surface area contributed by atoms with E-state index in [1.807, 2.05) is 25.0 Å². The van der Waals surface area contributed by atoms with Crippen molar-refractivity contribution in [3.8, 4) is 17.0 Å². The second kappa shape index (κ2) is 7.28. The number of fused-ring (bicyclic) bond motifs is 4. The second-order valence-electron chi connectivity index (χ2n) is 8.12. The van der Waals surface area contributed by atoms with Crippen molar-refractivity contribution >= 4 is 10.9 Å². The molecule has 3 aromatic heterocycles. The highest BCUT2D eigenvalue weighted by Gasteiger charge is 2.21. The van der Waals surface area contributed by atoms with E-state index in [4.69, 9.17) is 4.74 Å². The van der Waals surface area contributed by atoms with E-state index < -0.39 is 0 Å². The van der Waals surface area contributed by atoms with Crippen molar-refractivity contribution in [2.24, 2.45) is 14.1 Å². The molecule has 5 rings (SSSR count). The van der Waals surface area contributed by atoms with Crippen LogP contribution in [0.3, 0.4) is 0 Å². The molecule has 30 heavy (non-hydrogen) atoms. The minimum atomic E-state index is 0.255. The van der Waals surface area contributed by atoms with Gasteiger partial charge in [0.1, 0.15) is 6.61 Å². The van der Waals surface area contributed by atoms with Crippen LogP contribution < -0.4 is 10.1 Å². The number of H-pyrrole nitrogens is 1. The van der Waals surface area contributed by atoms with Crippen LogP contribution in [0.25, 0.3) is 22.0 Å². The van der Waals surface area contributed by atoms with Gasteiger partial charge in [-0.2, -0.15) is 15.3 Å². The zero-order chi connectivity index (χ0) is 20.8. The highest BCUT2D eigenvalue weighted by molar-refractivity contribution is 5.87. The van der Waals surface area contributed by atoms with Gasteiger partial charge >= 0.3 is 0 Å². The van der Waals surface area contributed by atoms with Crippen LogP contribution >= 0.6 is 0 Å². The topological polar surface area (TPSA) is 85.6 Å². The lowest BCUT2D eigenvalue weighted by Crippen LogP contribution is -2.23. The molecule has 1 atom stereocenters. The number of nitrogens with one attached hydrogen (secondary N) is 2. The predicted molar refractivity (Wildman–Crippen MR) is 116 cm³/mol. The summed E-state index contributed by atoms with van der Waals surface area (Å²) in [7, 11) is 3.93. The van der Waals surface area contributed by atoms with E-state index in [0.29, 0.717) is 6.61 Å². The number of nitrogens with zero attached hydrogens (tertiary/aromatic N) is 5. The summed E-state index contributed by atoms with van der Waals surface area (Å²) < 4.78 is 9.90. The van der Waals surface area contributed by atoms with E-state index in [0.717, 1.165) is 58.8 Å². The molecule has 1 aliphatic heterocycles. The molecule has 4 heterocycles. The molecule has 1 aromatic carbocycles. The Morgan fingerprint density at radius 2 is 2.07 bits per heavy atom. The molecule has 0 fully saturated rings. The molecule has 8 heteroatoms. The first-order chi connectivity index (χ1) is 14.5. The fourth-order valence-corrected chi connectivity index (χ4v) is 4.44. The Morgan fingerprint density at radius 1 is 1.20 bits per heavy atom. The normalized spacial score (nSPS) is 17.3. The largest absolute Gasteiger partial charge is 0.476 e. The van der Waals surface area contributed by atoms with Crippen LogP contribution in [0.1, 0.15) is 35.5 Å². The summed E-state index contributed by atoms with van der Waals surface area (Å²) in [5.74, 6) is 1.03. The Bertz CT molecular complexity index is 1220. The van der Waals surface area contributed by atoms with Crippen molar-refractivity contribution in [1.82, 2.24) is 35.1 Å². The maximum Gasteiger partial charge on any atom is 0.219 e. The quantitative estimate of drug-likeness (QED) is 0.470. The summed E-state index contributed by atoms with van der Waals surface area (Å²) in [6.07, 6.45) is 2.77. The number of ether oxygens (including phenoxy) is 1. The maximum atomic E-state index is 6.12. The average Bonchev–Trinajstić information content (AvgIpc) is 3.38. The molecule has 0 amide bonds. The molecular formula is C22H27N7O. The van der Waals surface area contributed by atoms with Crippen LogP contribution in [-0.4, -0.2) is 42.9 Å². The molecule has 8 nitrogen and oxygen atoms in total. The van der Waals surface area contributed by atoms with Crippen LogP contribution in [-0.2, 0) is 27.1 Å². The molecule has 156 valence electrons. The highest BCUT2D eigenvalue weighted by Crippen LogP contribution is 2.34. The zero-order valence-corrected chi connectivity index (χ0v) is 17.9. The highest BCUT2D eigenvalue weighted by atomic mass is 16.5. The van der Waals surface area contributed by atoms with Crippen molar-refractivity contribution in [2.45, 2.75) is 32.7 Å². The monoisotopic (exact) mass is 405 g/mol. The molecule has 0 radical (unpaired) electrons. The third-order valence-corrected chi connectivity index (χ3v) is 6.05. The van der Waals surface area contributed by atoms with Gasteiger partial charge in [-0.1, -0.05) is 13.0 Å². The lowest BCUT2D eigenvalue weighted by atomic mass is 9.93. The number of aryl methyl sites for hydroxylation is 3. The van der Waals surface area contributed by atoms with Crippen molar-refractivity contribution < 1.29 is 4.74 Å². The summed E-state index contributed by atoms with van der Waals surface area (Å²) >= 11 is 0. The molecule has 4 aromatic rings. The third-order valence-electron chi connectivity index (χ3n) is 6.05. The fourth-order valence-electron chi connectivity index (χ4n) is 4.44. The van der Waals surface area contributed by atoms with Crippen molar-refractivity contribution in [3.63, 3.8) is 0 Å². The number of hydrogen-bond donors (Lipinski definition) is 2. The van der Waals surface area contributed by atoms with Crippen molar-refractivity contribution in [1.29, 1.82) is 0 Å². The number of benzene rings is 1. The van der Waals surface area contributed by atoms with Gasteiger partial charge in [-0.15, -0.1) is 0 Å². The Kier molecular flexibility index (Phi) is 4.58. The zero-order valence-electron chi connectivity index (χ0n) is 17.9. The third kappa shape index (κ3) is 3.08. The first kappa shape index (κ1) is 18.9. The van der Waals surface area contributed by atoms with Crippen LogP contribution in [0, 0.1) is 6.92 Å². The summed E-state index contributed by atoms with van der Waals surface area (Å²) in [5.41, 5.74) is 7.81. The van der Waals surface area contributed by atoms with E-state index in [1.54, 1.807) is 4.68 Å². The standard InChI is InChI=1S/C22H27N7O/c1-13-9-16-14(2)27-28(3)20(16)12-23-7-8-30-22-18(11-24-29(22)4)15-5-6-19-17(10-15)21(13)26-25-19/h5-6,10-11,13,23H,7-9,12H2,1-4H3,(H,25,26). The Hall–Kier alpha value is -3.13. The Morgan fingerprint density at radius 3 is 2.93 bits per heavy atom. The first-order valence-corrected chi connectivity index (χ1v) is 10.4. The van der Waals surface area contributed by atoms with Crippen LogP contribution in [0.2, 0.25) is 0 Å². The van der Waals surface area contributed by atoms with E-state index in [-0.39, 0.29) is 5.92 Å². The molecule has 0 saturated carbocycles. The molecule has 2 bridgehead atoms. The first-order valence-electron chi connectivity index (χ1n) is 10.4. The van der Waals surface area contributed by atoms with Crippen molar-refractivity contribution in [2.75, 3.05) is 13.2 Å². The number of aromatic amines is 1. The lowest BCUT2D eigenvalue weighted by molar-refractivity contribution is 0.288. The minimum Gasteiger partial charge on any atom is -0.476 e. The summed E-state index contributed by atoms with van der Waals surface area (Å²) in [6.45, 7) is 6.39. The van der Waals surface area contributed by atoms with Gasteiger partial charge in [0.15, 0.2) is 0 Å². The van der Waals surface area contributed by atoms with E-state index in [2.05, 4.69) is 57.8 Å². The van der Waals surface area contributed by atoms with Gasteiger partial charge < -0.3 is 10.1 Å². The number of aromatic nitrogens is 6. The van der Waals surface area contributed by atoms with Crippen LogP contribution in [0.5, 0.6) is 5.88 Å². The average molecular weight is 406 g/mol. The summed E-state index contributed by atoms with van der Waals surface area (Å²) in [5, 5.41) is 21.6. The summed E-state index contributed by atoms with van der Waals surface area (Å²) in [4.78, 5) is 0. The molecule has 1 unspecified atom stereocenters. The summed E-state index contributed by atoms with van der Waals surface area (Å²) in [6, 6.07) is 6.38. The Balaban J connectivity index is 1.64. The minimum absolute atomic E-state index is 0.255. The SMILES string of the molecule is Cc1nn(C)c2c1CC(C)c1n[nH]c3ccc(cc13)-c1cnn(C)c1OCCNC2. The van der Waals surface area contributed by atoms with Gasteiger partial charge in [0.25, 0.3) is 0 Å². The molecule has 0 spiro atoms. The molecule has 0 saturated heterocycles. The van der Waals surface area contributed by atoms with E-state index >= 15 is 0 Å². The van der Waals surface area contributed by atoms with Gasteiger partial charge in [0, 0.05) is 38.5 Å². The van der Waals surface area contributed by atoms with Gasteiger partial charge in [0.05, 0.1) is 34.4 Å². The molecule has 2 N–H and O–H groups in total. The second-order valence-corrected chi connectivity index (χ2v) is 8.12. The molecule has 1 aliphatic rings. The maximum absolute atomic E-state index is 6.12. The van der Waals surface area contributed by atoms with Crippen LogP contribution in [0.15, 0.2) is 24.4 Å². The van der Waals surface area contributed by atoms with Crippen molar-refractivity contribution in [3.05, 3.63) is 47.0 Å². The van der Waals surface area contributed by atoms with Gasteiger partial charge in [-0.25, -0.2) is 4.68 Å². The number of rotatable bonds is 0. The van der Waals surface area contributed by atoms with Gasteiger partial charge in [-0.05, 0) is 36.6 Å². The molecular weight excluding hydrogens is 378 g/mol. The smallest absolute Gasteiger partial charge is 0.219 e. The van der Waals surface area contributed by atoms with E-state index in [9.17, 15) is 0 Å². The Labute approximate surface area is 175 Å². The van der Waals surface area contributed by atoms with Gasteiger partial charge in [-0.3, -0.25) is 9.78 Å². The lowest BCUT2D eigenvalue weighted by Gasteiger charge is -2.12. The van der Waals surface area contributed by atoms with E-state index in [1.165, 1.54) is 11.3 Å². The number of hydrogen-bond acceptors (Lipinski definition) is 5. The fraction of sp³-hybridized carbons (Fsp3) is 0.409. The van der Waals surface area contributed by atoms with Gasteiger partial charge in [0.2, 0.25) is 5.88 Å². The predicted octanol–water partition coefficient (Wildman–Crippen LogP) is 2.83.